The minimum absolute atomic E-state index is 0.0785. The number of aliphatic carboxylic acids is 1. The highest BCUT2D eigenvalue weighted by Crippen LogP contribution is 2.23. The molecule has 1 amide bonds. The Morgan fingerprint density at radius 3 is 2.62 bits per heavy atom. The number of ether oxygens (including phenoxy) is 3. The van der Waals surface area contributed by atoms with Gasteiger partial charge in [0, 0.05) is 25.6 Å². The molecule has 0 aliphatic carbocycles. The van der Waals surface area contributed by atoms with Crippen LogP contribution in [0.2, 0.25) is 0 Å². The third-order valence-electron chi connectivity index (χ3n) is 4.84. The average Bonchev–Trinajstić information content (AvgIpc) is 3.11. The van der Waals surface area contributed by atoms with Gasteiger partial charge in [-0.3, -0.25) is 9.59 Å². The van der Waals surface area contributed by atoms with Gasteiger partial charge in [0.15, 0.2) is 0 Å². The molecule has 0 bridgehead atoms. The molecule has 154 valence electrons. The van der Waals surface area contributed by atoms with Crippen molar-refractivity contribution < 1.29 is 28.9 Å². The fourth-order valence-electron chi connectivity index (χ4n) is 3.26. The van der Waals surface area contributed by atoms with Gasteiger partial charge in [0.25, 0.3) is 0 Å². The number of para-hydroxylation sites is 1. The van der Waals surface area contributed by atoms with Crippen LogP contribution in [0.25, 0.3) is 0 Å². The van der Waals surface area contributed by atoms with Gasteiger partial charge >= 0.3 is 5.97 Å². The van der Waals surface area contributed by atoms with Crippen molar-refractivity contribution in [1.82, 2.24) is 4.90 Å². The summed E-state index contributed by atoms with van der Waals surface area (Å²) in [7, 11) is 1.61. The number of hydrogen-bond acceptors (Lipinski definition) is 5. The van der Waals surface area contributed by atoms with E-state index in [1.807, 2.05) is 48.5 Å². The Morgan fingerprint density at radius 1 is 1.10 bits per heavy atom. The predicted molar refractivity (Wildman–Crippen MR) is 106 cm³/mol. The van der Waals surface area contributed by atoms with Crippen LogP contribution >= 0.6 is 0 Å². The molecule has 0 saturated carbocycles. The number of benzene rings is 2. The normalized spacial score (nSPS) is 16.0. The fourth-order valence-corrected chi connectivity index (χ4v) is 3.26. The second kappa shape index (κ2) is 9.82. The molecule has 1 aliphatic heterocycles. The van der Waals surface area contributed by atoms with Gasteiger partial charge in [0.2, 0.25) is 5.91 Å². The lowest BCUT2D eigenvalue weighted by molar-refractivity contribution is -0.141. The van der Waals surface area contributed by atoms with Crippen LogP contribution in [-0.2, 0) is 16.0 Å². The molecular formula is C22H25NO6. The number of likely N-dealkylation sites (tertiary alicyclic amines) is 1. The van der Waals surface area contributed by atoms with Gasteiger partial charge in [0.05, 0.1) is 13.0 Å². The topological polar surface area (TPSA) is 85.3 Å². The summed E-state index contributed by atoms with van der Waals surface area (Å²) in [5, 5.41) is 9.09. The fraction of sp³-hybridized carbons (Fsp3) is 0.364. The van der Waals surface area contributed by atoms with Crippen LogP contribution in [0, 0.1) is 5.92 Å². The Labute approximate surface area is 169 Å². The zero-order chi connectivity index (χ0) is 20.6. The largest absolute Gasteiger partial charge is 0.497 e. The molecule has 7 heteroatoms. The molecule has 2 aromatic rings. The van der Waals surface area contributed by atoms with Crippen LogP contribution < -0.4 is 14.2 Å². The van der Waals surface area contributed by atoms with Gasteiger partial charge < -0.3 is 24.2 Å². The molecule has 2 aromatic carbocycles. The quantitative estimate of drug-likeness (QED) is 0.618. The minimum atomic E-state index is -0.916. The lowest BCUT2D eigenvalue weighted by atomic mass is 10.1. The van der Waals surface area contributed by atoms with Crippen molar-refractivity contribution >= 4 is 11.9 Å². The highest BCUT2D eigenvalue weighted by Gasteiger charge is 2.33. The van der Waals surface area contributed by atoms with Crippen molar-refractivity contribution in [3.05, 3.63) is 54.1 Å². The van der Waals surface area contributed by atoms with Gasteiger partial charge in [0.1, 0.15) is 30.5 Å². The summed E-state index contributed by atoms with van der Waals surface area (Å²) in [6.07, 6.45) is 0.681. The van der Waals surface area contributed by atoms with Crippen molar-refractivity contribution in [3.8, 4) is 17.2 Å². The maximum atomic E-state index is 12.0. The highest BCUT2D eigenvalue weighted by atomic mass is 16.5. The van der Waals surface area contributed by atoms with E-state index in [9.17, 15) is 9.59 Å². The number of carboxylic acid groups (broad SMARTS) is 1. The SMILES string of the molecule is COc1cccc(OCCOc2ccccc2CCN2CC(C(=O)O)CC2=O)c1. The molecule has 1 atom stereocenters. The third kappa shape index (κ3) is 5.63. The van der Waals surface area contributed by atoms with E-state index in [4.69, 9.17) is 19.3 Å². The zero-order valence-corrected chi connectivity index (χ0v) is 16.4. The first-order valence-electron chi connectivity index (χ1n) is 9.55. The molecule has 1 heterocycles. The summed E-state index contributed by atoms with van der Waals surface area (Å²) in [5.41, 5.74) is 0.973. The number of carbonyl (C=O) groups excluding carboxylic acids is 1. The van der Waals surface area contributed by atoms with Gasteiger partial charge in [-0.05, 0) is 30.2 Å². The maximum Gasteiger partial charge on any atom is 0.308 e. The van der Waals surface area contributed by atoms with E-state index >= 15 is 0 Å². The molecular weight excluding hydrogens is 374 g/mol. The van der Waals surface area contributed by atoms with Crippen molar-refractivity contribution in [1.29, 1.82) is 0 Å². The van der Waals surface area contributed by atoms with Crippen LogP contribution in [0.3, 0.4) is 0 Å². The number of carbonyl (C=O) groups is 2. The molecule has 3 rings (SSSR count). The minimum Gasteiger partial charge on any atom is -0.497 e. The Bertz CT molecular complexity index is 853. The van der Waals surface area contributed by atoms with Crippen LogP contribution in [0.5, 0.6) is 17.2 Å². The molecule has 29 heavy (non-hydrogen) atoms. The Morgan fingerprint density at radius 2 is 1.86 bits per heavy atom. The third-order valence-corrected chi connectivity index (χ3v) is 4.84. The van der Waals surface area contributed by atoms with Gasteiger partial charge in [-0.1, -0.05) is 24.3 Å². The molecule has 0 radical (unpaired) electrons. The molecule has 1 saturated heterocycles. The number of hydrogen-bond donors (Lipinski definition) is 1. The standard InChI is InChI=1S/C22H25NO6/c1-27-18-6-4-7-19(14-18)28-11-12-29-20-8-3-2-5-16(20)9-10-23-15-17(22(25)26)13-21(23)24/h2-8,14,17H,9-13,15H2,1H3,(H,25,26). The van der Waals surface area contributed by atoms with Crippen molar-refractivity contribution in [2.45, 2.75) is 12.8 Å². The molecule has 7 nitrogen and oxygen atoms in total. The van der Waals surface area contributed by atoms with E-state index < -0.39 is 11.9 Å². The first-order valence-corrected chi connectivity index (χ1v) is 9.55. The molecule has 1 N–H and O–H groups in total. The number of nitrogens with zero attached hydrogens (tertiary/aromatic N) is 1. The molecule has 1 fully saturated rings. The molecule has 0 aromatic heterocycles. The lowest BCUT2D eigenvalue weighted by Gasteiger charge is -2.17. The molecule has 0 spiro atoms. The van der Waals surface area contributed by atoms with Crippen molar-refractivity contribution in [2.75, 3.05) is 33.4 Å². The van der Waals surface area contributed by atoms with Gasteiger partial charge in [-0.15, -0.1) is 0 Å². The van der Waals surface area contributed by atoms with E-state index in [0.717, 1.165) is 17.1 Å². The van der Waals surface area contributed by atoms with E-state index in [1.54, 1.807) is 12.0 Å². The van der Waals surface area contributed by atoms with Crippen LogP contribution in [0.4, 0.5) is 0 Å². The van der Waals surface area contributed by atoms with Crippen LogP contribution in [0.1, 0.15) is 12.0 Å². The highest BCUT2D eigenvalue weighted by molar-refractivity contribution is 5.86. The zero-order valence-electron chi connectivity index (χ0n) is 16.4. The monoisotopic (exact) mass is 399 g/mol. The summed E-state index contributed by atoms with van der Waals surface area (Å²) in [6.45, 7) is 1.50. The summed E-state index contributed by atoms with van der Waals surface area (Å²) in [6, 6.07) is 15.0. The van der Waals surface area contributed by atoms with E-state index in [1.165, 1.54) is 0 Å². The first kappa shape index (κ1) is 20.5. The van der Waals surface area contributed by atoms with Gasteiger partial charge in [-0.2, -0.15) is 0 Å². The lowest BCUT2D eigenvalue weighted by Crippen LogP contribution is -2.28. The molecule has 1 unspecified atom stereocenters. The van der Waals surface area contributed by atoms with Crippen molar-refractivity contribution in [2.24, 2.45) is 5.92 Å². The first-order chi connectivity index (χ1) is 14.1. The average molecular weight is 399 g/mol. The predicted octanol–water partition coefficient (Wildman–Crippen LogP) is 2.63. The Balaban J connectivity index is 1.48. The summed E-state index contributed by atoms with van der Waals surface area (Å²) >= 11 is 0. The second-order valence-corrected chi connectivity index (χ2v) is 6.81. The molecule has 1 aliphatic rings. The van der Waals surface area contributed by atoms with Crippen LogP contribution in [0.15, 0.2) is 48.5 Å². The van der Waals surface area contributed by atoms with E-state index in [-0.39, 0.29) is 18.9 Å². The number of carboxylic acids is 1. The van der Waals surface area contributed by atoms with Gasteiger partial charge in [-0.25, -0.2) is 0 Å². The summed E-state index contributed by atoms with van der Waals surface area (Å²) in [4.78, 5) is 24.7. The van der Waals surface area contributed by atoms with E-state index in [0.29, 0.717) is 31.9 Å². The number of amides is 1. The summed E-state index contributed by atoms with van der Waals surface area (Å²) < 4.78 is 16.7. The van der Waals surface area contributed by atoms with Crippen molar-refractivity contribution in [3.63, 3.8) is 0 Å². The van der Waals surface area contributed by atoms with Crippen LogP contribution in [-0.4, -0.2) is 55.3 Å². The Kier molecular flexibility index (Phi) is 6.94. The second-order valence-electron chi connectivity index (χ2n) is 6.81. The number of methoxy groups -OCH3 is 1. The number of rotatable bonds is 10. The van der Waals surface area contributed by atoms with E-state index in [2.05, 4.69) is 0 Å². The Hall–Kier alpha value is -3.22. The summed E-state index contributed by atoms with van der Waals surface area (Å²) in [5.74, 6) is 0.547. The smallest absolute Gasteiger partial charge is 0.308 e. The maximum absolute atomic E-state index is 12.0.